The van der Waals surface area contributed by atoms with E-state index in [1.54, 1.807) is 11.8 Å². The third kappa shape index (κ3) is 8.68. The zero-order chi connectivity index (χ0) is 29.0. The van der Waals surface area contributed by atoms with E-state index in [0.29, 0.717) is 32.5 Å². The van der Waals surface area contributed by atoms with E-state index < -0.39 is 0 Å². The Kier molecular flexibility index (Phi) is 11.8. The molecule has 0 N–H and O–H groups in total. The number of hydrogen-bond acceptors (Lipinski definition) is 5. The highest BCUT2D eigenvalue weighted by Gasteiger charge is 2.29. The van der Waals surface area contributed by atoms with Crippen molar-refractivity contribution in [3.63, 3.8) is 0 Å². The molecular weight excluding hydrogens is 530 g/mol. The lowest BCUT2D eigenvalue weighted by molar-refractivity contribution is -0.142. The summed E-state index contributed by atoms with van der Waals surface area (Å²) in [5.41, 5.74) is 3.28. The summed E-state index contributed by atoms with van der Waals surface area (Å²) in [6.45, 7) is 8.28. The fraction of sp³-hybridized carbons (Fsp3) is 0.515. The summed E-state index contributed by atoms with van der Waals surface area (Å²) in [6, 6.07) is 18.7. The van der Waals surface area contributed by atoms with Gasteiger partial charge in [0.1, 0.15) is 0 Å². The van der Waals surface area contributed by atoms with Gasteiger partial charge in [-0.25, -0.2) is 0 Å². The van der Waals surface area contributed by atoms with Crippen LogP contribution in [0.5, 0.6) is 0 Å². The number of rotatable bonds is 14. The largest absolute Gasteiger partial charge is 0.339 e. The van der Waals surface area contributed by atoms with Crippen molar-refractivity contribution in [3.8, 4) is 17.1 Å². The molecule has 8 heteroatoms. The summed E-state index contributed by atoms with van der Waals surface area (Å²) in [5, 5.41) is 9.92. The molecule has 7 nitrogen and oxygen atoms in total. The maximum Gasteiger partial charge on any atom is 0.222 e. The second-order valence-electron chi connectivity index (χ2n) is 11.1. The lowest BCUT2D eigenvalue weighted by Gasteiger charge is -2.40. The number of aryl methyl sites for hydroxylation is 1. The standard InChI is InChI=1S/C33H45N5O2S/c1-4-5-6-7-11-17-31(40)37-23-22-36(25-27(37)3)30(39)16-12-13-24-41-33-35-34-32(28-20-18-26(2)19-21-28)38(33)29-14-9-8-10-15-29/h8-10,14-15,18-21,27H,4-7,11-13,16-17,22-25H2,1-3H3. The fourth-order valence-electron chi connectivity index (χ4n) is 5.34. The Morgan fingerprint density at radius 2 is 1.56 bits per heavy atom. The summed E-state index contributed by atoms with van der Waals surface area (Å²) in [4.78, 5) is 29.6. The molecule has 0 saturated carbocycles. The normalized spacial score (nSPS) is 15.3. The topological polar surface area (TPSA) is 71.3 Å². The Morgan fingerprint density at radius 3 is 2.29 bits per heavy atom. The molecule has 1 unspecified atom stereocenters. The number of carbonyl (C=O) groups excluding carboxylic acids is 2. The number of para-hydroxylation sites is 1. The van der Waals surface area contributed by atoms with Crippen LogP contribution in [0.4, 0.5) is 0 Å². The van der Waals surface area contributed by atoms with E-state index in [4.69, 9.17) is 0 Å². The first-order chi connectivity index (χ1) is 20.0. The lowest BCUT2D eigenvalue weighted by atomic mass is 10.1. The van der Waals surface area contributed by atoms with Gasteiger partial charge in [-0.3, -0.25) is 14.2 Å². The second kappa shape index (κ2) is 15.8. The third-order valence-corrected chi connectivity index (χ3v) is 8.78. The first kappa shape index (κ1) is 30.8. The van der Waals surface area contributed by atoms with E-state index in [1.807, 2.05) is 28.0 Å². The van der Waals surface area contributed by atoms with Gasteiger partial charge in [0.25, 0.3) is 0 Å². The van der Waals surface area contributed by atoms with E-state index in [-0.39, 0.29) is 17.9 Å². The quantitative estimate of drug-likeness (QED) is 0.154. The van der Waals surface area contributed by atoms with Crippen LogP contribution >= 0.6 is 11.8 Å². The Bertz CT molecular complexity index is 1240. The number of piperazine rings is 1. The molecule has 4 rings (SSSR count). The number of thioether (sulfide) groups is 1. The second-order valence-corrected chi connectivity index (χ2v) is 12.2. The molecule has 41 heavy (non-hydrogen) atoms. The molecular formula is C33H45N5O2S. The van der Waals surface area contributed by atoms with Crippen LogP contribution in [-0.4, -0.2) is 67.8 Å². The average Bonchev–Trinajstić information content (AvgIpc) is 3.41. The summed E-state index contributed by atoms with van der Waals surface area (Å²) >= 11 is 1.68. The number of unbranched alkanes of at least 4 members (excludes halogenated alkanes) is 5. The van der Waals surface area contributed by atoms with E-state index >= 15 is 0 Å². The molecule has 1 aliphatic rings. The molecule has 0 radical (unpaired) electrons. The highest BCUT2D eigenvalue weighted by Crippen LogP contribution is 2.29. The number of hydrogen-bond donors (Lipinski definition) is 0. The number of amides is 2. The molecule has 1 saturated heterocycles. The summed E-state index contributed by atoms with van der Waals surface area (Å²) < 4.78 is 2.12. The number of carbonyl (C=O) groups is 2. The molecule has 0 aliphatic carbocycles. The Morgan fingerprint density at radius 1 is 0.854 bits per heavy atom. The number of aromatic nitrogens is 3. The molecule has 220 valence electrons. The van der Waals surface area contributed by atoms with Gasteiger partial charge in [0.2, 0.25) is 11.8 Å². The van der Waals surface area contributed by atoms with Crippen molar-refractivity contribution in [3.05, 3.63) is 60.2 Å². The molecule has 1 aliphatic heterocycles. The van der Waals surface area contributed by atoms with E-state index in [9.17, 15) is 9.59 Å². The van der Waals surface area contributed by atoms with Crippen LogP contribution in [0.15, 0.2) is 59.8 Å². The SMILES string of the molecule is CCCCCCCC(=O)N1CCN(C(=O)CCCCSc2nnc(-c3ccc(C)cc3)n2-c2ccccc2)CC1C. The molecule has 1 fully saturated rings. The van der Waals surface area contributed by atoms with Crippen LogP contribution in [0.3, 0.4) is 0 Å². The van der Waals surface area contributed by atoms with Gasteiger partial charge < -0.3 is 9.80 Å². The van der Waals surface area contributed by atoms with E-state index in [0.717, 1.165) is 53.7 Å². The fourth-order valence-corrected chi connectivity index (χ4v) is 6.29. The molecule has 2 aromatic carbocycles. The Balaban J connectivity index is 1.23. The first-order valence-electron chi connectivity index (χ1n) is 15.3. The third-order valence-electron chi connectivity index (χ3n) is 7.77. The van der Waals surface area contributed by atoms with Crippen molar-refractivity contribution in [2.24, 2.45) is 0 Å². The predicted octanol–water partition coefficient (Wildman–Crippen LogP) is 6.92. The zero-order valence-corrected chi connectivity index (χ0v) is 25.7. The van der Waals surface area contributed by atoms with Crippen LogP contribution in [0.25, 0.3) is 17.1 Å². The summed E-state index contributed by atoms with van der Waals surface area (Å²) in [7, 11) is 0. The van der Waals surface area contributed by atoms with Gasteiger partial charge in [-0.2, -0.15) is 0 Å². The van der Waals surface area contributed by atoms with Crippen molar-refractivity contribution in [1.82, 2.24) is 24.6 Å². The highest BCUT2D eigenvalue weighted by molar-refractivity contribution is 7.99. The van der Waals surface area contributed by atoms with E-state index in [1.165, 1.54) is 24.8 Å². The maximum absolute atomic E-state index is 12.9. The monoisotopic (exact) mass is 575 g/mol. The van der Waals surface area contributed by atoms with Crippen LogP contribution in [0.1, 0.15) is 77.2 Å². The van der Waals surface area contributed by atoms with Gasteiger partial charge in [0.05, 0.1) is 0 Å². The van der Waals surface area contributed by atoms with Gasteiger partial charge in [-0.05, 0) is 45.2 Å². The molecule has 2 heterocycles. The van der Waals surface area contributed by atoms with Crippen LogP contribution < -0.4 is 0 Å². The number of benzene rings is 2. The maximum atomic E-state index is 12.9. The minimum atomic E-state index is 0.0819. The lowest BCUT2D eigenvalue weighted by Crippen LogP contribution is -2.55. The number of nitrogens with zero attached hydrogens (tertiary/aromatic N) is 5. The van der Waals surface area contributed by atoms with Gasteiger partial charge in [0, 0.05) is 55.5 Å². The molecule has 1 atom stereocenters. The van der Waals surface area contributed by atoms with Crippen LogP contribution in [0.2, 0.25) is 0 Å². The van der Waals surface area contributed by atoms with Gasteiger partial charge in [0.15, 0.2) is 11.0 Å². The van der Waals surface area contributed by atoms with Crippen molar-refractivity contribution in [2.45, 2.75) is 89.8 Å². The minimum absolute atomic E-state index is 0.0819. The molecule has 0 spiro atoms. The summed E-state index contributed by atoms with van der Waals surface area (Å²) in [5.74, 6) is 2.13. The smallest absolute Gasteiger partial charge is 0.222 e. The van der Waals surface area contributed by atoms with Crippen molar-refractivity contribution >= 4 is 23.6 Å². The molecule has 1 aromatic heterocycles. The van der Waals surface area contributed by atoms with Gasteiger partial charge >= 0.3 is 0 Å². The van der Waals surface area contributed by atoms with Crippen molar-refractivity contribution in [2.75, 3.05) is 25.4 Å². The Hall–Kier alpha value is -3.13. The van der Waals surface area contributed by atoms with E-state index in [2.05, 4.69) is 71.9 Å². The van der Waals surface area contributed by atoms with Gasteiger partial charge in [-0.1, -0.05) is 92.4 Å². The summed E-state index contributed by atoms with van der Waals surface area (Å²) in [6.07, 6.45) is 8.69. The van der Waals surface area contributed by atoms with Crippen LogP contribution in [0, 0.1) is 6.92 Å². The van der Waals surface area contributed by atoms with Crippen molar-refractivity contribution < 1.29 is 9.59 Å². The first-order valence-corrected chi connectivity index (χ1v) is 16.2. The van der Waals surface area contributed by atoms with Gasteiger partial charge in [-0.15, -0.1) is 10.2 Å². The zero-order valence-electron chi connectivity index (χ0n) is 24.9. The minimum Gasteiger partial charge on any atom is -0.339 e. The van der Waals surface area contributed by atoms with Crippen molar-refractivity contribution in [1.29, 1.82) is 0 Å². The molecule has 3 aromatic rings. The highest BCUT2D eigenvalue weighted by atomic mass is 32.2. The predicted molar refractivity (Wildman–Crippen MR) is 167 cm³/mol. The molecule has 2 amide bonds. The average molecular weight is 576 g/mol. The Labute approximate surface area is 249 Å². The van der Waals surface area contributed by atoms with Crippen LogP contribution in [-0.2, 0) is 9.59 Å². The molecule has 0 bridgehead atoms.